The predicted molar refractivity (Wildman–Crippen MR) is 45.3 cm³/mol. The molecule has 54 valence electrons. The number of thiocarbonyl (C=S) groups is 1. The van der Waals surface area contributed by atoms with Gasteiger partial charge in [-0.15, -0.1) is 0 Å². The van der Waals surface area contributed by atoms with Crippen molar-refractivity contribution in [1.82, 2.24) is 16.0 Å². The lowest BCUT2D eigenvalue weighted by Crippen LogP contribution is -2.47. The summed E-state index contributed by atoms with van der Waals surface area (Å²) < 4.78 is 0. The molecule has 0 aliphatic rings. The fraction of sp³-hybridized carbons (Fsp3) is 0.333. The number of hydrazine groups is 1. The third-order valence-corrected chi connectivity index (χ3v) is 0.943. The molecule has 0 saturated carbocycles. The number of nitrogens with zero attached hydrogens (tertiary/aromatic N) is 1. The van der Waals surface area contributed by atoms with Crippen molar-refractivity contribution >= 4 is 31.3 Å². The van der Waals surface area contributed by atoms with E-state index in [1.54, 1.807) is 7.05 Å². The van der Waals surface area contributed by atoms with Crippen molar-refractivity contribution in [3.63, 3.8) is 0 Å². The van der Waals surface area contributed by atoms with Crippen LogP contribution < -0.4 is 21.8 Å². The molecule has 0 rings (SSSR count). The normalized spacial score (nSPS) is 10.4. The Hall–Kier alpha value is -0.815. The van der Waals surface area contributed by atoms with Gasteiger partial charge in [-0.3, -0.25) is 10.4 Å². The van der Waals surface area contributed by atoms with Gasteiger partial charge in [0.05, 0.1) is 0 Å². The van der Waals surface area contributed by atoms with Gasteiger partial charge in [0.15, 0.2) is 5.11 Å². The molecule has 10 heavy (non-hydrogen) atoms. The standard InChI is InChI=1S/C3H8BN5S/c1-6-2(9-5)7-3(10)8-4/h5H2,1H3,(H3,6,7,8,9,10). The fourth-order valence-electron chi connectivity index (χ4n) is 0.300. The van der Waals surface area contributed by atoms with Gasteiger partial charge in [0.2, 0.25) is 13.9 Å². The molecule has 0 aromatic heterocycles. The monoisotopic (exact) mass is 157 g/mol. The number of hydrogen-bond donors (Lipinski definition) is 4. The first-order valence-electron chi connectivity index (χ1n) is 2.45. The third-order valence-electron chi connectivity index (χ3n) is 0.723. The van der Waals surface area contributed by atoms with Crippen LogP contribution in [0.4, 0.5) is 0 Å². The molecule has 0 unspecified atom stereocenters. The molecule has 0 atom stereocenters. The first-order valence-corrected chi connectivity index (χ1v) is 2.86. The zero-order chi connectivity index (χ0) is 7.98. The Labute approximate surface area is 65.9 Å². The summed E-state index contributed by atoms with van der Waals surface area (Å²) in [4.78, 5) is 3.68. The van der Waals surface area contributed by atoms with Gasteiger partial charge >= 0.3 is 0 Å². The quantitative estimate of drug-likeness (QED) is 0.0815. The number of nitrogens with one attached hydrogen (secondary N) is 3. The van der Waals surface area contributed by atoms with Gasteiger partial charge in [0.25, 0.3) is 0 Å². The third kappa shape index (κ3) is 3.26. The molecular formula is C3H8BN5S. The summed E-state index contributed by atoms with van der Waals surface area (Å²) in [5.41, 5.74) is 2.27. The highest BCUT2D eigenvalue weighted by Gasteiger charge is 1.93. The minimum Gasteiger partial charge on any atom is -0.415 e. The van der Waals surface area contributed by atoms with E-state index in [0.29, 0.717) is 5.96 Å². The molecule has 5 N–H and O–H groups in total. The van der Waals surface area contributed by atoms with Crippen LogP contribution in [0, 0.1) is 0 Å². The highest BCUT2D eigenvalue weighted by atomic mass is 32.1. The molecule has 0 saturated heterocycles. The fourth-order valence-corrected chi connectivity index (χ4v) is 0.397. The maximum absolute atomic E-state index is 5.01. The second kappa shape index (κ2) is 5.01. The first-order chi connectivity index (χ1) is 4.74. The Morgan fingerprint density at radius 2 is 2.30 bits per heavy atom. The largest absolute Gasteiger partial charge is 0.415 e. The van der Waals surface area contributed by atoms with Crippen LogP contribution in [0.15, 0.2) is 4.99 Å². The lowest BCUT2D eigenvalue weighted by Gasteiger charge is -2.07. The summed E-state index contributed by atoms with van der Waals surface area (Å²) in [7, 11) is 6.51. The summed E-state index contributed by atoms with van der Waals surface area (Å²) in [6, 6.07) is 0. The van der Waals surface area contributed by atoms with Crippen molar-refractivity contribution in [2.24, 2.45) is 10.8 Å². The molecule has 0 aliphatic heterocycles. The Kier molecular flexibility index (Phi) is 4.60. The zero-order valence-electron chi connectivity index (χ0n) is 5.51. The SMILES string of the molecule is [B]NC(=S)NC(=NC)NN. The van der Waals surface area contributed by atoms with Crippen molar-refractivity contribution in [1.29, 1.82) is 0 Å². The summed E-state index contributed by atoms with van der Waals surface area (Å²) in [5, 5.41) is 5.03. The Bertz CT molecular complexity index is 146. The van der Waals surface area contributed by atoms with E-state index in [0.717, 1.165) is 0 Å². The lowest BCUT2D eigenvalue weighted by atomic mass is 10.4. The number of nitrogens with two attached hydrogens (primary N) is 1. The molecule has 0 spiro atoms. The summed E-state index contributed by atoms with van der Waals surface area (Å²) in [6.45, 7) is 0. The van der Waals surface area contributed by atoms with Crippen LogP contribution in [-0.2, 0) is 0 Å². The minimum absolute atomic E-state index is 0.249. The molecule has 0 aromatic rings. The van der Waals surface area contributed by atoms with Gasteiger partial charge in [0.1, 0.15) is 0 Å². The highest BCUT2D eigenvalue weighted by Crippen LogP contribution is 1.64. The van der Waals surface area contributed by atoms with Crippen molar-refractivity contribution in [3.8, 4) is 0 Å². The summed E-state index contributed by atoms with van der Waals surface area (Å²) >= 11 is 4.64. The van der Waals surface area contributed by atoms with Crippen LogP contribution in [-0.4, -0.2) is 26.1 Å². The van der Waals surface area contributed by atoms with E-state index in [1.807, 2.05) is 0 Å². The Balaban J connectivity index is 3.76. The van der Waals surface area contributed by atoms with Crippen LogP contribution in [0.2, 0.25) is 0 Å². The smallest absolute Gasteiger partial charge is 0.225 e. The molecule has 2 radical (unpaired) electrons. The molecular weight excluding hydrogens is 149 g/mol. The summed E-state index contributed by atoms with van der Waals surface area (Å²) in [5.74, 6) is 5.36. The van der Waals surface area contributed by atoms with Crippen LogP contribution >= 0.6 is 12.2 Å². The van der Waals surface area contributed by atoms with Gasteiger partial charge < -0.3 is 10.5 Å². The number of aliphatic imine (C=N–C) groups is 1. The van der Waals surface area contributed by atoms with E-state index in [2.05, 4.69) is 33.2 Å². The van der Waals surface area contributed by atoms with E-state index in [4.69, 9.17) is 13.8 Å². The molecule has 0 aromatic carbocycles. The molecule has 0 amide bonds. The average Bonchev–Trinajstić information content (AvgIpc) is 1.99. The molecule has 0 heterocycles. The van der Waals surface area contributed by atoms with Gasteiger partial charge in [-0.05, 0) is 12.2 Å². The van der Waals surface area contributed by atoms with Gasteiger partial charge in [-0.25, -0.2) is 5.84 Å². The van der Waals surface area contributed by atoms with Crippen molar-refractivity contribution in [2.75, 3.05) is 7.05 Å². The van der Waals surface area contributed by atoms with Gasteiger partial charge in [0, 0.05) is 7.05 Å². The maximum Gasteiger partial charge on any atom is 0.225 e. The molecule has 0 aliphatic carbocycles. The van der Waals surface area contributed by atoms with Gasteiger partial charge in [-0.1, -0.05) is 0 Å². The van der Waals surface area contributed by atoms with E-state index in [-0.39, 0.29) is 5.11 Å². The molecule has 5 nitrogen and oxygen atoms in total. The van der Waals surface area contributed by atoms with Crippen LogP contribution in [0.5, 0.6) is 0 Å². The Morgan fingerprint density at radius 1 is 1.70 bits per heavy atom. The first kappa shape index (κ1) is 9.18. The molecule has 0 bridgehead atoms. The maximum atomic E-state index is 5.01. The van der Waals surface area contributed by atoms with Crippen LogP contribution in [0.1, 0.15) is 0 Å². The predicted octanol–water partition coefficient (Wildman–Crippen LogP) is -2.02. The summed E-state index contributed by atoms with van der Waals surface area (Å²) in [6.07, 6.45) is 0. The number of rotatable bonds is 0. The minimum atomic E-state index is 0.249. The van der Waals surface area contributed by atoms with E-state index in [1.165, 1.54) is 0 Å². The van der Waals surface area contributed by atoms with E-state index < -0.39 is 0 Å². The zero-order valence-corrected chi connectivity index (χ0v) is 6.33. The Morgan fingerprint density at radius 3 is 2.60 bits per heavy atom. The molecule has 0 fully saturated rings. The number of hydrogen-bond acceptors (Lipinski definition) is 3. The van der Waals surface area contributed by atoms with Crippen LogP contribution in [0.3, 0.4) is 0 Å². The number of guanidine groups is 1. The van der Waals surface area contributed by atoms with Gasteiger partial charge in [-0.2, -0.15) is 0 Å². The second-order valence-electron chi connectivity index (χ2n) is 1.32. The lowest BCUT2D eigenvalue weighted by molar-refractivity contribution is 0.970. The van der Waals surface area contributed by atoms with Crippen molar-refractivity contribution in [2.45, 2.75) is 0 Å². The average molecular weight is 157 g/mol. The highest BCUT2D eigenvalue weighted by molar-refractivity contribution is 7.80. The topological polar surface area (TPSA) is 74.5 Å². The van der Waals surface area contributed by atoms with Crippen molar-refractivity contribution in [3.05, 3.63) is 0 Å². The second-order valence-corrected chi connectivity index (χ2v) is 1.72. The van der Waals surface area contributed by atoms with E-state index in [9.17, 15) is 0 Å². The van der Waals surface area contributed by atoms with E-state index >= 15 is 0 Å². The molecule has 7 heteroatoms. The van der Waals surface area contributed by atoms with Crippen molar-refractivity contribution < 1.29 is 0 Å². The van der Waals surface area contributed by atoms with Crippen LogP contribution in [0.25, 0.3) is 0 Å².